The normalized spacial score (nSPS) is 16.8. The van der Waals surface area contributed by atoms with Crippen molar-refractivity contribution in [2.24, 2.45) is 10.7 Å². The topological polar surface area (TPSA) is 92.0 Å². The summed E-state index contributed by atoms with van der Waals surface area (Å²) >= 11 is 0. The van der Waals surface area contributed by atoms with E-state index in [0.717, 1.165) is 37.5 Å². The molecule has 1 atom stereocenters. The van der Waals surface area contributed by atoms with Gasteiger partial charge in [-0.3, -0.25) is 0 Å². The number of aliphatic imine (C=N–C) groups is 1. The monoisotopic (exact) mass is 361 g/mol. The molecule has 7 heteroatoms. The number of piperidine rings is 1. The largest absolute Gasteiger partial charge is 0.489 e. The Balaban J connectivity index is 1.87. The molecule has 7 nitrogen and oxygen atoms in total. The minimum atomic E-state index is -0.340. The van der Waals surface area contributed by atoms with E-state index in [2.05, 4.69) is 17.6 Å². The summed E-state index contributed by atoms with van der Waals surface area (Å²) in [7, 11) is 0. The number of benzene rings is 1. The van der Waals surface area contributed by atoms with Crippen LogP contribution >= 0.6 is 0 Å². The Labute approximate surface area is 156 Å². The summed E-state index contributed by atoms with van der Waals surface area (Å²) in [5.41, 5.74) is 5.34. The molecule has 144 valence electrons. The maximum absolute atomic E-state index is 11.2. The first kappa shape index (κ1) is 19.9. The van der Waals surface area contributed by atoms with Gasteiger partial charge >= 0.3 is 6.03 Å². The smallest absolute Gasteiger partial charge is 0.314 e. The molecule has 1 aromatic rings. The van der Waals surface area contributed by atoms with Crippen LogP contribution in [0, 0.1) is 0 Å². The van der Waals surface area contributed by atoms with Gasteiger partial charge in [0, 0.05) is 25.7 Å². The van der Waals surface area contributed by atoms with Gasteiger partial charge in [0.05, 0.1) is 6.54 Å². The average molecular weight is 361 g/mol. The molecule has 1 fully saturated rings. The summed E-state index contributed by atoms with van der Waals surface area (Å²) in [6.07, 6.45) is 2.65. The van der Waals surface area contributed by atoms with Crippen molar-refractivity contribution in [2.45, 2.75) is 45.3 Å². The van der Waals surface area contributed by atoms with Crippen molar-refractivity contribution in [3.05, 3.63) is 30.3 Å². The number of rotatable bonds is 7. The minimum Gasteiger partial charge on any atom is -0.489 e. The minimum absolute atomic E-state index is 0.0320. The molecule has 0 aromatic heterocycles. The maximum atomic E-state index is 11.2. The van der Waals surface area contributed by atoms with E-state index in [1.165, 1.54) is 0 Å². The summed E-state index contributed by atoms with van der Waals surface area (Å²) in [4.78, 5) is 17.6. The van der Waals surface area contributed by atoms with Crippen LogP contribution < -0.4 is 21.1 Å². The number of primary amides is 1. The average Bonchev–Trinajstić information content (AvgIpc) is 2.66. The molecule has 4 N–H and O–H groups in total. The highest BCUT2D eigenvalue weighted by atomic mass is 16.5. The number of likely N-dealkylation sites (tertiary alicyclic amines) is 1. The van der Waals surface area contributed by atoms with E-state index in [4.69, 9.17) is 15.5 Å². The Morgan fingerprint density at radius 2 is 2.00 bits per heavy atom. The maximum Gasteiger partial charge on any atom is 0.314 e. The number of amides is 2. The Kier molecular flexibility index (Phi) is 8.05. The highest BCUT2D eigenvalue weighted by Crippen LogP contribution is 2.13. The van der Waals surface area contributed by atoms with Gasteiger partial charge in [0.25, 0.3) is 0 Å². The van der Waals surface area contributed by atoms with Crippen molar-refractivity contribution >= 4 is 12.0 Å². The second-order valence-corrected chi connectivity index (χ2v) is 6.42. The molecule has 2 amide bonds. The predicted molar refractivity (Wildman–Crippen MR) is 104 cm³/mol. The Hall–Kier alpha value is -2.44. The molecule has 1 unspecified atom stereocenters. The molecule has 1 aromatic carbocycles. The van der Waals surface area contributed by atoms with Crippen LogP contribution in [-0.4, -0.2) is 55.2 Å². The first-order valence-corrected chi connectivity index (χ1v) is 9.43. The molecule has 1 heterocycles. The molecule has 1 saturated heterocycles. The molecule has 0 aliphatic carbocycles. The van der Waals surface area contributed by atoms with E-state index in [1.807, 2.05) is 37.3 Å². The third-order valence-corrected chi connectivity index (χ3v) is 4.45. The number of ether oxygens (including phenoxy) is 1. The van der Waals surface area contributed by atoms with Crippen LogP contribution in [0.5, 0.6) is 5.75 Å². The van der Waals surface area contributed by atoms with E-state index >= 15 is 0 Å². The van der Waals surface area contributed by atoms with E-state index in [0.29, 0.717) is 25.7 Å². The second-order valence-electron chi connectivity index (χ2n) is 6.42. The van der Waals surface area contributed by atoms with Crippen molar-refractivity contribution in [3.8, 4) is 5.75 Å². The zero-order chi connectivity index (χ0) is 18.8. The van der Waals surface area contributed by atoms with Crippen LogP contribution in [0.3, 0.4) is 0 Å². The van der Waals surface area contributed by atoms with E-state index in [-0.39, 0.29) is 12.1 Å². The van der Waals surface area contributed by atoms with Crippen LogP contribution in [-0.2, 0) is 0 Å². The van der Waals surface area contributed by atoms with E-state index < -0.39 is 0 Å². The molecule has 0 radical (unpaired) electrons. The predicted octanol–water partition coefficient (Wildman–Crippen LogP) is 1.94. The number of para-hydroxylation sites is 1. The quantitative estimate of drug-likeness (QED) is 0.511. The van der Waals surface area contributed by atoms with Crippen molar-refractivity contribution in [1.82, 2.24) is 15.5 Å². The fourth-order valence-corrected chi connectivity index (χ4v) is 2.89. The highest BCUT2D eigenvalue weighted by molar-refractivity contribution is 5.80. The number of nitrogens with one attached hydrogen (secondary N) is 2. The molecule has 0 saturated carbocycles. The Morgan fingerprint density at radius 3 is 2.58 bits per heavy atom. The van der Waals surface area contributed by atoms with Gasteiger partial charge in [0.1, 0.15) is 11.9 Å². The summed E-state index contributed by atoms with van der Waals surface area (Å²) in [6, 6.07) is 9.78. The van der Waals surface area contributed by atoms with Crippen LogP contribution in [0.1, 0.15) is 33.1 Å². The standard InChI is InChI=1S/C19H31N5O2/c1-3-16(26-17-8-6-5-7-9-17)14-22-19(21-4-2)23-15-10-12-24(13-11-15)18(20)25/h5-9,15-16H,3-4,10-14H2,1-2H3,(H2,20,25)(H2,21,22,23). The number of carbonyl (C=O) groups excluding carboxylic acids is 1. The molecule has 2 rings (SSSR count). The summed E-state index contributed by atoms with van der Waals surface area (Å²) < 4.78 is 6.00. The number of hydrogen-bond donors (Lipinski definition) is 3. The zero-order valence-corrected chi connectivity index (χ0v) is 15.8. The fraction of sp³-hybridized carbons (Fsp3) is 0.579. The van der Waals surface area contributed by atoms with Crippen molar-refractivity contribution < 1.29 is 9.53 Å². The highest BCUT2D eigenvalue weighted by Gasteiger charge is 2.21. The second kappa shape index (κ2) is 10.5. The van der Waals surface area contributed by atoms with E-state index in [1.54, 1.807) is 4.90 Å². The lowest BCUT2D eigenvalue weighted by Crippen LogP contribution is -2.50. The number of urea groups is 1. The van der Waals surface area contributed by atoms with Crippen LogP contribution in [0.25, 0.3) is 0 Å². The lowest BCUT2D eigenvalue weighted by Gasteiger charge is -2.32. The lowest BCUT2D eigenvalue weighted by atomic mass is 10.1. The van der Waals surface area contributed by atoms with Crippen LogP contribution in [0.4, 0.5) is 4.79 Å². The lowest BCUT2D eigenvalue weighted by molar-refractivity contribution is 0.188. The Morgan fingerprint density at radius 1 is 1.31 bits per heavy atom. The van der Waals surface area contributed by atoms with Crippen molar-refractivity contribution in [2.75, 3.05) is 26.2 Å². The number of nitrogens with zero attached hydrogens (tertiary/aromatic N) is 2. The fourth-order valence-electron chi connectivity index (χ4n) is 2.89. The SMILES string of the molecule is CCNC(=NCC(CC)Oc1ccccc1)NC1CCN(C(N)=O)CC1. The number of nitrogens with two attached hydrogens (primary N) is 1. The number of guanidine groups is 1. The first-order valence-electron chi connectivity index (χ1n) is 9.43. The van der Waals surface area contributed by atoms with Gasteiger partial charge in [0.15, 0.2) is 5.96 Å². The number of carbonyl (C=O) groups is 1. The molecule has 0 bridgehead atoms. The summed E-state index contributed by atoms with van der Waals surface area (Å²) in [5, 5.41) is 6.75. The van der Waals surface area contributed by atoms with Gasteiger partial charge < -0.3 is 26.0 Å². The van der Waals surface area contributed by atoms with Crippen LogP contribution in [0.15, 0.2) is 35.3 Å². The van der Waals surface area contributed by atoms with Crippen molar-refractivity contribution in [3.63, 3.8) is 0 Å². The molecule has 0 spiro atoms. The van der Waals surface area contributed by atoms with Crippen LogP contribution in [0.2, 0.25) is 0 Å². The van der Waals surface area contributed by atoms with Gasteiger partial charge in [-0.25, -0.2) is 9.79 Å². The third kappa shape index (κ3) is 6.46. The molecular weight excluding hydrogens is 330 g/mol. The van der Waals surface area contributed by atoms with Gasteiger partial charge in [-0.05, 0) is 38.3 Å². The summed E-state index contributed by atoms with van der Waals surface area (Å²) in [6.45, 7) is 6.89. The van der Waals surface area contributed by atoms with Gasteiger partial charge in [-0.15, -0.1) is 0 Å². The molecule has 26 heavy (non-hydrogen) atoms. The van der Waals surface area contributed by atoms with Gasteiger partial charge in [-0.2, -0.15) is 0 Å². The molecule has 1 aliphatic heterocycles. The number of hydrogen-bond acceptors (Lipinski definition) is 3. The molecule has 1 aliphatic rings. The zero-order valence-electron chi connectivity index (χ0n) is 15.8. The van der Waals surface area contributed by atoms with Gasteiger partial charge in [-0.1, -0.05) is 25.1 Å². The summed E-state index contributed by atoms with van der Waals surface area (Å²) in [5.74, 6) is 1.66. The third-order valence-electron chi connectivity index (χ3n) is 4.45. The van der Waals surface area contributed by atoms with E-state index in [9.17, 15) is 4.79 Å². The Bertz CT molecular complexity index is 571. The first-order chi connectivity index (χ1) is 12.6. The molecular formula is C19H31N5O2. The van der Waals surface area contributed by atoms with Gasteiger partial charge in [0.2, 0.25) is 0 Å². The van der Waals surface area contributed by atoms with Crippen molar-refractivity contribution in [1.29, 1.82) is 0 Å².